The molecular weight excluding hydrogens is 412 g/mol. The van der Waals surface area contributed by atoms with Crippen molar-refractivity contribution in [3.63, 3.8) is 0 Å². The minimum absolute atomic E-state index is 0.0574. The number of carbonyl (C=O) groups is 1. The Morgan fingerprint density at radius 2 is 1.86 bits per heavy atom. The maximum absolute atomic E-state index is 12.5. The van der Waals surface area contributed by atoms with Gasteiger partial charge in [0.05, 0.1) is 27.3 Å². The Labute approximate surface area is 173 Å². The number of rotatable bonds is 6. The van der Waals surface area contributed by atoms with Crippen molar-refractivity contribution < 1.29 is 13.2 Å². The molecule has 3 rings (SSSR count). The zero-order chi connectivity index (χ0) is 20.3. The fraction of sp³-hybridized carbons (Fsp3) is 0.300. The molecule has 0 saturated carbocycles. The summed E-state index contributed by atoms with van der Waals surface area (Å²) in [6, 6.07) is 12.7. The normalized spacial score (nSPS) is 12.6. The fourth-order valence-electron chi connectivity index (χ4n) is 2.87. The molecule has 5 nitrogen and oxygen atoms in total. The lowest BCUT2D eigenvalue weighted by Crippen LogP contribution is -2.16. The van der Waals surface area contributed by atoms with Crippen molar-refractivity contribution >= 4 is 49.1 Å². The number of amides is 1. The molecule has 3 aromatic rings. The van der Waals surface area contributed by atoms with Crippen molar-refractivity contribution in [2.24, 2.45) is 4.99 Å². The molecule has 0 saturated heterocycles. The molecular formula is C20H22N2O3S3. The largest absolute Gasteiger partial charge is 0.317 e. The predicted molar refractivity (Wildman–Crippen MR) is 116 cm³/mol. The molecule has 0 unspecified atom stereocenters. The van der Waals surface area contributed by atoms with Crippen molar-refractivity contribution in [3.8, 4) is 0 Å². The fourth-order valence-corrected chi connectivity index (χ4v) is 5.42. The molecule has 28 heavy (non-hydrogen) atoms. The van der Waals surface area contributed by atoms with Crippen LogP contribution in [0.25, 0.3) is 10.2 Å². The van der Waals surface area contributed by atoms with Crippen molar-refractivity contribution in [3.05, 3.63) is 52.8 Å². The average Bonchev–Trinajstić information content (AvgIpc) is 3.03. The Balaban J connectivity index is 1.88. The van der Waals surface area contributed by atoms with E-state index in [1.54, 1.807) is 43.0 Å². The standard InChI is InChI=1S/C20H22N2O3S3/c1-4-22-17-11-8-15(26-3)13-18(17)27-20(22)21-19(23)12-14-6-9-16(10-7-14)28(24,25)5-2/h6-11,13H,4-5,12H2,1-3H3. The van der Waals surface area contributed by atoms with E-state index in [0.717, 1.165) is 22.3 Å². The summed E-state index contributed by atoms with van der Waals surface area (Å²) in [5, 5.41) is 0. The minimum Gasteiger partial charge on any atom is -0.317 e. The SMILES string of the molecule is CCn1c(=NC(=O)Cc2ccc(S(=O)(=O)CC)cc2)sc2cc(SC)ccc21. The van der Waals surface area contributed by atoms with Gasteiger partial charge in [0.15, 0.2) is 14.6 Å². The number of aryl methyl sites for hydroxylation is 1. The van der Waals surface area contributed by atoms with Crippen LogP contribution in [0.4, 0.5) is 0 Å². The number of carbonyl (C=O) groups excluding carboxylic acids is 1. The van der Waals surface area contributed by atoms with Crippen LogP contribution in [0.5, 0.6) is 0 Å². The molecule has 0 radical (unpaired) electrons. The van der Waals surface area contributed by atoms with Crippen LogP contribution in [0, 0.1) is 0 Å². The molecule has 0 aliphatic heterocycles. The van der Waals surface area contributed by atoms with E-state index in [1.807, 2.05) is 17.7 Å². The smallest absolute Gasteiger partial charge is 0.252 e. The highest BCUT2D eigenvalue weighted by Crippen LogP contribution is 2.24. The molecule has 0 spiro atoms. The Hall–Kier alpha value is -1.90. The van der Waals surface area contributed by atoms with Gasteiger partial charge in [-0.15, -0.1) is 11.8 Å². The first-order chi connectivity index (χ1) is 13.4. The summed E-state index contributed by atoms with van der Waals surface area (Å²) in [5.41, 5.74) is 1.82. The van der Waals surface area contributed by atoms with Gasteiger partial charge in [0.1, 0.15) is 0 Å². The molecule has 0 aliphatic rings. The van der Waals surface area contributed by atoms with E-state index in [4.69, 9.17) is 0 Å². The van der Waals surface area contributed by atoms with E-state index in [2.05, 4.69) is 23.2 Å². The summed E-state index contributed by atoms with van der Waals surface area (Å²) >= 11 is 3.19. The lowest BCUT2D eigenvalue weighted by Gasteiger charge is -2.03. The number of hydrogen-bond acceptors (Lipinski definition) is 5. The quantitative estimate of drug-likeness (QED) is 0.552. The zero-order valence-electron chi connectivity index (χ0n) is 16.0. The van der Waals surface area contributed by atoms with E-state index in [1.165, 1.54) is 16.2 Å². The Morgan fingerprint density at radius 1 is 1.14 bits per heavy atom. The Morgan fingerprint density at radius 3 is 2.46 bits per heavy atom. The van der Waals surface area contributed by atoms with Gasteiger partial charge >= 0.3 is 0 Å². The summed E-state index contributed by atoms with van der Waals surface area (Å²) in [6.45, 7) is 4.38. The Kier molecular flexibility index (Phi) is 6.42. The lowest BCUT2D eigenvalue weighted by atomic mass is 10.1. The van der Waals surface area contributed by atoms with Crippen LogP contribution in [-0.2, 0) is 27.6 Å². The highest BCUT2D eigenvalue weighted by molar-refractivity contribution is 7.98. The number of nitrogens with zero attached hydrogens (tertiary/aromatic N) is 2. The molecule has 0 bridgehead atoms. The van der Waals surface area contributed by atoms with Gasteiger partial charge in [-0.3, -0.25) is 4.79 Å². The van der Waals surface area contributed by atoms with Crippen LogP contribution >= 0.6 is 23.1 Å². The molecule has 0 fully saturated rings. The topological polar surface area (TPSA) is 68.5 Å². The minimum atomic E-state index is -3.23. The first kappa shape index (κ1) is 20.8. The van der Waals surface area contributed by atoms with Crippen molar-refractivity contribution in [2.45, 2.75) is 36.6 Å². The van der Waals surface area contributed by atoms with Crippen molar-refractivity contribution in [1.82, 2.24) is 4.57 Å². The van der Waals surface area contributed by atoms with E-state index in [9.17, 15) is 13.2 Å². The second kappa shape index (κ2) is 8.63. The van der Waals surface area contributed by atoms with E-state index in [0.29, 0.717) is 4.80 Å². The maximum atomic E-state index is 12.5. The van der Waals surface area contributed by atoms with E-state index < -0.39 is 9.84 Å². The number of hydrogen-bond donors (Lipinski definition) is 0. The highest BCUT2D eigenvalue weighted by Gasteiger charge is 2.12. The van der Waals surface area contributed by atoms with Crippen LogP contribution in [0.2, 0.25) is 0 Å². The number of thioether (sulfide) groups is 1. The molecule has 8 heteroatoms. The lowest BCUT2D eigenvalue weighted by molar-refractivity contribution is -0.117. The van der Waals surface area contributed by atoms with Gasteiger partial charge in [-0.05, 0) is 49.1 Å². The zero-order valence-corrected chi connectivity index (χ0v) is 18.5. The summed E-state index contributed by atoms with van der Waals surface area (Å²) in [4.78, 5) is 19.0. The molecule has 148 valence electrons. The number of benzene rings is 2. The molecule has 0 aliphatic carbocycles. The summed E-state index contributed by atoms with van der Waals surface area (Å²) < 4.78 is 26.9. The van der Waals surface area contributed by atoms with Gasteiger partial charge < -0.3 is 4.57 Å². The molecule has 2 aromatic carbocycles. The molecule has 1 aromatic heterocycles. The first-order valence-electron chi connectivity index (χ1n) is 8.94. The van der Waals surface area contributed by atoms with E-state index in [-0.39, 0.29) is 23.0 Å². The van der Waals surface area contributed by atoms with Gasteiger partial charge in [-0.1, -0.05) is 30.4 Å². The number of fused-ring (bicyclic) bond motifs is 1. The van der Waals surface area contributed by atoms with Crippen LogP contribution < -0.4 is 4.80 Å². The monoisotopic (exact) mass is 434 g/mol. The van der Waals surface area contributed by atoms with Crippen LogP contribution in [0.1, 0.15) is 19.4 Å². The third-order valence-corrected chi connectivity index (χ3v) is 7.96. The van der Waals surface area contributed by atoms with Crippen LogP contribution in [-0.4, -0.2) is 30.9 Å². The van der Waals surface area contributed by atoms with Gasteiger partial charge in [0, 0.05) is 11.4 Å². The van der Waals surface area contributed by atoms with Gasteiger partial charge in [0.2, 0.25) is 0 Å². The molecule has 0 atom stereocenters. The maximum Gasteiger partial charge on any atom is 0.252 e. The summed E-state index contributed by atoms with van der Waals surface area (Å²) in [5.74, 6) is -0.188. The van der Waals surface area contributed by atoms with Gasteiger partial charge in [0.25, 0.3) is 5.91 Å². The number of sulfone groups is 1. The van der Waals surface area contributed by atoms with Crippen molar-refractivity contribution in [1.29, 1.82) is 0 Å². The van der Waals surface area contributed by atoms with Gasteiger partial charge in [-0.2, -0.15) is 4.99 Å². The summed E-state index contributed by atoms with van der Waals surface area (Å²) in [7, 11) is -3.23. The Bertz CT molecular complexity index is 1170. The molecule has 1 heterocycles. The van der Waals surface area contributed by atoms with Crippen LogP contribution in [0.15, 0.2) is 57.2 Å². The second-order valence-corrected chi connectivity index (χ2v) is 10.4. The second-order valence-electron chi connectivity index (χ2n) is 6.19. The molecule has 0 N–H and O–H groups in total. The van der Waals surface area contributed by atoms with E-state index >= 15 is 0 Å². The summed E-state index contributed by atoms with van der Waals surface area (Å²) in [6.07, 6.45) is 2.18. The molecule has 1 amide bonds. The highest BCUT2D eigenvalue weighted by atomic mass is 32.2. The number of aromatic nitrogens is 1. The third-order valence-electron chi connectivity index (χ3n) is 4.44. The third kappa shape index (κ3) is 4.39. The number of thiazole rings is 1. The predicted octanol–water partition coefficient (Wildman–Crippen LogP) is 3.91. The van der Waals surface area contributed by atoms with Gasteiger partial charge in [-0.25, -0.2) is 8.42 Å². The van der Waals surface area contributed by atoms with Crippen LogP contribution in [0.3, 0.4) is 0 Å². The van der Waals surface area contributed by atoms with Crippen molar-refractivity contribution in [2.75, 3.05) is 12.0 Å². The first-order valence-corrected chi connectivity index (χ1v) is 12.6. The average molecular weight is 435 g/mol.